The maximum absolute atomic E-state index is 10.5. The minimum atomic E-state index is -0.282. The van der Waals surface area contributed by atoms with E-state index in [2.05, 4.69) is 20.8 Å². The molecule has 14 heavy (non-hydrogen) atoms. The molecule has 82 valence electrons. The lowest BCUT2D eigenvalue weighted by Gasteiger charge is -2.34. The molecule has 1 heteroatoms. The first-order valence-electron chi connectivity index (χ1n) is 6.11. The fourth-order valence-corrected chi connectivity index (χ4v) is 3.31. The number of hydrogen-bond acceptors (Lipinski definition) is 1. The Kier molecular flexibility index (Phi) is 2.42. The first-order valence-corrected chi connectivity index (χ1v) is 6.11. The van der Waals surface area contributed by atoms with Crippen molar-refractivity contribution < 1.29 is 5.11 Å². The second-order valence-corrected chi connectivity index (χ2v) is 6.74. The molecule has 2 bridgehead atoms. The van der Waals surface area contributed by atoms with Crippen molar-refractivity contribution in [2.24, 2.45) is 17.3 Å². The van der Waals surface area contributed by atoms with Crippen molar-refractivity contribution in [3.63, 3.8) is 0 Å². The van der Waals surface area contributed by atoms with Crippen LogP contribution in [-0.4, -0.2) is 10.7 Å². The van der Waals surface area contributed by atoms with Crippen LogP contribution >= 0.6 is 0 Å². The normalized spacial score (nSPS) is 42.0. The molecule has 0 saturated heterocycles. The molecule has 3 unspecified atom stereocenters. The van der Waals surface area contributed by atoms with E-state index in [1.165, 1.54) is 19.3 Å². The van der Waals surface area contributed by atoms with E-state index in [4.69, 9.17) is 0 Å². The molecule has 0 heterocycles. The van der Waals surface area contributed by atoms with Gasteiger partial charge in [-0.3, -0.25) is 0 Å². The zero-order chi connectivity index (χ0) is 10.4. The van der Waals surface area contributed by atoms with Crippen LogP contribution in [0.3, 0.4) is 0 Å². The Bertz CT molecular complexity index is 216. The summed E-state index contributed by atoms with van der Waals surface area (Å²) in [6.45, 7) is 6.80. The average Bonchev–Trinajstić information content (AvgIpc) is 2.59. The molecule has 0 aromatic heterocycles. The van der Waals surface area contributed by atoms with Gasteiger partial charge in [0.1, 0.15) is 0 Å². The van der Waals surface area contributed by atoms with Gasteiger partial charge in [0.25, 0.3) is 0 Å². The summed E-state index contributed by atoms with van der Waals surface area (Å²) in [7, 11) is 0. The molecule has 2 fully saturated rings. The molecule has 1 nitrogen and oxygen atoms in total. The van der Waals surface area contributed by atoms with Gasteiger partial charge in [0.05, 0.1) is 5.60 Å². The lowest BCUT2D eigenvalue weighted by molar-refractivity contribution is -0.0284. The number of fused-ring (bicyclic) bond motifs is 2. The molecule has 1 N–H and O–H groups in total. The van der Waals surface area contributed by atoms with Gasteiger partial charge in [-0.05, 0) is 55.8 Å². The summed E-state index contributed by atoms with van der Waals surface area (Å²) < 4.78 is 0. The largest absolute Gasteiger partial charge is 0.390 e. The lowest BCUT2D eigenvalue weighted by Crippen LogP contribution is -2.36. The van der Waals surface area contributed by atoms with Crippen LogP contribution in [-0.2, 0) is 0 Å². The molecule has 3 atom stereocenters. The number of aliphatic hydroxyl groups is 1. The Hall–Kier alpha value is -0.0400. The van der Waals surface area contributed by atoms with Gasteiger partial charge in [0.2, 0.25) is 0 Å². The molecule has 0 aromatic carbocycles. The van der Waals surface area contributed by atoms with Crippen molar-refractivity contribution in [1.29, 1.82) is 0 Å². The fourth-order valence-electron chi connectivity index (χ4n) is 3.31. The molecular formula is C13H24O. The van der Waals surface area contributed by atoms with E-state index in [1.54, 1.807) is 0 Å². The third-order valence-corrected chi connectivity index (χ3v) is 4.25. The van der Waals surface area contributed by atoms with E-state index < -0.39 is 0 Å². The van der Waals surface area contributed by atoms with Gasteiger partial charge >= 0.3 is 0 Å². The molecule has 2 saturated carbocycles. The zero-order valence-electron chi connectivity index (χ0n) is 9.84. The van der Waals surface area contributed by atoms with Crippen molar-refractivity contribution in [1.82, 2.24) is 0 Å². The van der Waals surface area contributed by atoms with Gasteiger partial charge in [0, 0.05) is 0 Å². The topological polar surface area (TPSA) is 20.2 Å². The van der Waals surface area contributed by atoms with Gasteiger partial charge in [-0.25, -0.2) is 0 Å². The highest BCUT2D eigenvalue weighted by Crippen LogP contribution is 2.53. The zero-order valence-corrected chi connectivity index (χ0v) is 9.84. The smallest absolute Gasteiger partial charge is 0.0678 e. The van der Waals surface area contributed by atoms with Crippen molar-refractivity contribution in [2.45, 2.75) is 64.9 Å². The fraction of sp³-hybridized carbons (Fsp3) is 1.00. The van der Waals surface area contributed by atoms with Gasteiger partial charge in [-0.15, -0.1) is 0 Å². The Morgan fingerprint density at radius 1 is 1.29 bits per heavy atom. The second-order valence-electron chi connectivity index (χ2n) is 6.74. The predicted octanol–water partition coefficient (Wildman–Crippen LogP) is 3.36. The maximum Gasteiger partial charge on any atom is 0.0678 e. The van der Waals surface area contributed by atoms with E-state index in [9.17, 15) is 5.11 Å². The van der Waals surface area contributed by atoms with E-state index >= 15 is 0 Å². The van der Waals surface area contributed by atoms with Gasteiger partial charge in [0.15, 0.2) is 0 Å². The van der Waals surface area contributed by atoms with Crippen LogP contribution in [0.15, 0.2) is 0 Å². The summed E-state index contributed by atoms with van der Waals surface area (Å²) in [4.78, 5) is 0. The van der Waals surface area contributed by atoms with E-state index in [-0.39, 0.29) is 5.60 Å². The minimum absolute atomic E-state index is 0.282. The SMILES string of the molecule is CC(C)(C)CCC1(O)CC2CCC1C2. The molecular weight excluding hydrogens is 172 g/mol. The highest BCUT2D eigenvalue weighted by Gasteiger charge is 2.49. The first-order chi connectivity index (χ1) is 6.39. The van der Waals surface area contributed by atoms with E-state index in [0.717, 1.165) is 25.2 Å². The highest BCUT2D eigenvalue weighted by molar-refractivity contribution is 5.01. The monoisotopic (exact) mass is 196 g/mol. The first kappa shape index (κ1) is 10.5. The molecule has 0 aromatic rings. The standard InChI is InChI=1S/C13H24O/c1-12(2,3)6-7-13(14)9-10-4-5-11(13)8-10/h10-11,14H,4-9H2,1-3H3. The van der Waals surface area contributed by atoms with Gasteiger partial charge in [-0.2, -0.15) is 0 Å². The van der Waals surface area contributed by atoms with Crippen LogP contribution in [0.5, 0.6) is 0 Å². The lowest BCUT2D eigenvalue weighted by atomic mass is 9.77. The van der Waals surface area contributed by atoms with Crippen molar-refractivity contribution in [3.8, 4) is 0 Å². The van der Waals surface area contributed by atoms with Crippen molar-refractivity contribution in [3.05, 3.63) is 0 Å². The Balaban J connectivity index is 1.91. The van der Waals surface area contributed by atoms with Crippen LogP contribution in [0.4, 0.5) is 0 Å². The molecule has 2 aliphatic carbocycles. The summed E-state index contributed by atoms with van der Waals surface area (Å²) in [5.41, 5.74) is 0.0910. The van der Waals surface area contributed by atoms with Crippen LogP contribution in [0.2, 0.25) is 0 Å². The number of rotatable bonds is 2. The van der Waals surface area contributed by atoms with E-state index in [0.29, 0.717) is 11.3 Å². The molecule has 0 amide bonds. The molecule has 0 radical (unpaired) electrons. The highest BCUT2D eigenvalue weighted by atomic mass is 16.3. The third kappa shape index (κ3) is 1.98. The Morgan fingerprint density at radius 2 is 2.00 bits per heavy atom. The summed E-state index contributed by atoms with van der Waals surface area (Å²) in [5.74, 6) is 1.49. The van der Waals surface area contributed by atoms with Gasteiger partial charge < -0.3 is 5.11 Å². The van der Waals surface area contributed by atoms with Crippen LogP contribution in [0.1, 0.15) is 59.3 Å². The average molecular weight is 196 g/mol. The summed E-state index contributed by atoms with van der Waals surface area (Å²) >= 11 is 0. The Labute approximate surface area is 87.9 Å². The van der Waals surface area contributed by atoms with Crippen molar-refractivity contribution >= 4 is 0 Å². The van der Waals surface area contributed by atoms with Gasteiger partial charge in [-0.1, -0.05) is 20.8 Å². The minimum Gasteiger partial charge on any atom is -0.390 e. The maximum atomic E-state index is 10.5. The summed E-state index contributed by atoms with van der Waals surface area (Å²) in [5, 5.41) is 10.5. The summed E-state index contributed by atoms with van der Waals surface area (Å²) in [6, 6.07) is 0. The molecule has 2 aliphatic rings. The van der Waals surface area contributed by atoms with E-state index in [1.807, 2.05) is 0 Å². The van der Waals surface area contributed by atoms with Crippen LogP contribution in [0, 0.1) is 17.3 Å². The number of hydrogen-bond donors (Lipinski definition) is 1. The Morgan fingerprint density at radius 3 is 2.43 bits per heavy atom. The van der Waals surface area contributed by atoms with Crippen LogP contribution < -0.4 is 0 Å². The third-order valence-electron chi connectivity index (χ3n) is 4.25. The summed E-state index contributed by atoms with van der Waals surface area (Å²) in [6.07, 6.45) is 7.24. The molecule has 2 rings (SSSR count). The van der Waals surface area contributed by atoms with Crippen LogP contribution in [0.25, 0.3) is 0 Å². The second kappa shape index (κ2) is 3.23. The molecule has 0 spiro atoms. The van der Waals surface area contributed by atoms with Crippen molar-refractivity contribution in [2.75, 3.05) is 0 Å². The quantitative estimate of drug-likeness (QED) is 0.718. The predicted molar refractivity (Wildman–Crippen MR) is 59.1 cm³/mol. The molecule has 0 aliphatic heterocycles.